The topological polar surface area (TPSA) is 61.7 Å². The number of rotatable bonds is 3. The molecule has 0 unspecified atom stereocenters. The molecule has 0 heterocycles. The second-order valence-corrected chi connectivity index (χ2v) is 7.57. The summed E-state index contributed by atoms with van der Waals surface area (Å²) in [5.41, 5.74) is 3.17. The van der Waals surface area contributed by atoms with Crippen molar-refractivity contribution in [2.75, 3.05) is 0 Å². The largest absolute Gasteiger partial charge is 0.506 e. The molecule has 2 aromatic rings. The first-order chi connectivity index (χ1) is 10.4. The van der Waals surface area contributed by atoms with Crippen molar-refractivity contribution in [2.24, 2.45) is 5.10 Å². The van der Waals surface area contributed by atoms with Crippen LogP contribution in [0.2, 0.25) is 5.02 Å². The van der Waals surface area contributed by atoms with Crippen molar-refractivity contribution in [1.29, 1.82) is 0 Å². The highest BCUT2D eigenvalue weighted by molar-refractivity contribution is 14.1. The number of phenols is 1. The maximum absolute atomic E-state index is 12.0. The minimum Gasteiger partial charge on any atom is -0.506 e. The van der Waals surface area contributed by atoms with E-state index in [1.807, 2.05) is 0 Å². The molecule has 0 aliphatic rings. The summed E-state index contributed by atoms with van der Waals surface area (Å²) in [7, 11) is 0. The molecule has 0 bridgehead atoms. The molecule has 0 saturated carbocycles. The molecule has 22 heavy (non-hydrogen) atoms. The minimum absolute atomic E-state index is 0.0356. The molecule has 2 rings (SSSR count). The van der Waals surface area contributed by atoms with Crippen LogP contribution in [0.1, 0.15) is 15.9 Å². The summed E-state index contributed by atoms with van der Waals surface area (Å²) in [6.45, 7) is 0. The maximum Gasteiger partial charge on any atom is 0.272 e. The average molecular weight is 558 g/mol. The fourth-order valence-electron chi connectivity index (χ4n) is 1.58. The van der Waals surface area contributed by atoms with Crippen molar-refractivity contribution in [2.45, 2.75) is 0 Å². The molecule has 0 fully saturated rings. The lowest BCUT2D eigenvalue weighted by Gasteiger charge is -2.04. The molecular formula is C14H8Br2ClIN2O2. The van der Waals surface area contributed by atoms with Gasteiger partial charge in [0.05, 0.1) is 21.3 Å². The molecule has 0 aromatic heterocycles. The summed E-state index contributed by atoms with van der Waals surface area (Å²) < 4.78 is 2.19. The van der Waals surface area contributed by atoms with Crippen LogP contribution in [0.3, 0.4) is 0 Å². The molecule has 0 aliphatic carbocycles. The Kier molecular flexibility index (Phi) is 6.25. The van der Waals surface area contributed by atoms with Gasteiger partial charge in [-0.25, -0.2) is 5.43 Å². The number of halogens is 4. The first-order valence-electron chi connectivity index (χ1n) is 5.85. The predicted octanol–water partition coefficient (Wildman–Crippen LogP) is 4.94. The average Bonchev–Trinajstić information content (AvgIpc) is 2.46. The highest BCUT2D eigenvalue weighted by atomic mass is 127. The maximum atomic E-state index is 12.0. The van der Waals surface area contributed by atoms with Gasteiger partial charge in [0, 0.05) is 13.6 Å². The highest BCUT2D eigenvalue weighted by Crippen LogP contribution is 2.30. The molecule has 0 atom stereocenters. The Bertz CT molecular complexity index is 769. The molecule has 0 radical (unpaired) electrons. The monoisotopic (exact) mass is 556 g/mol. The van der Waals surface area contributed by atoms with E-state index in [4.69, 9.17) is 11.6 Å². The number of carbonyl (C=O) groups excluding carboxylic acids is 1. The smallest absolute Gasteiger partial charge is 0.272 e. The van der Waals surface area contributed by atoms with E-state index in [0.717, 1.165) is 8.04 Å². The Balaban J connectivity index is 2.16. The number of amides is 1. The van der Waals surface area contributed by atoms with Crippen LogP contribution in [0.15, 0.2) is 44.4 Å². The van der Waals surface area contributed by atoms with Crippen LogP contribution >= 0.6 is 66.1 Å². The Labute approximate surface area is 162 Å². The number of hydrazone groups is 1. The lowest BCUT2D eigenvalue weighted by Crippen LogP contribution is -2.18. The van der Waals surface area contributed by atoms with E-state index < -0.39 is 5.91 Å². The van der Waals surface area contributed by atoms with Gasteiger partial charge in [-0.1, -0.05) is 27.5 Å². The Morgan fingerprint density at radius 1 is 1.32 bits per heavy atom. The molecule has 0 spiro atoms. The molecule has 114 valence electrons. The lowest BCUT2D eigenvalue weighted by molar-refractivity contribution is 0.0955. The van der Waals surface area contributed by atoms with Crippen molar-refractivity contribution in [1.82, 2.24) is 5.43 Å². The van der Waals surface area contributed by atoms with Gasteiger partial charge in [0.1, 0.15) is 5.75 Å². The third kappa shape index (κ3) is 4.43. The summed E-state index contributed by atoms with van der Waals surface area (Å²) in [5.74, 6) is -0.387. The molecule has 2 N–H and O–H groups in total. The minimum atomic E-state index is -0.423. The van der Waals surface area contributed by atoms with Crippen molar-refractivity contribution in [3.63, 3.8) is 0 Å². The zero-order valence-corrected chi connectivity index (χ0v) is 16.9. The third-order valence-corrected chi connectivity index (χ3v) is 4.66. The van der Waals surface area contributed by atoms with Gasteiger partial charge < -0.3 is 5.11 Å². The van der Waals surface area contributed by atoms with Crippen molar-refractivity contribution in [3.05, 3.63) is 59.0 Å². The first kappa shape index (κ1) is 17.7. The number of nitrogens with one attached hydrogen (secondary N) is 1. The van der Waals surface area contributed by atoms with Gasteiger partial charge in [-0.2, -0.15) is 5.10 Å². The quantitative estimate of drug-likeness (QED) is 0.319. The van der Waals surface area contributed by atoms with Gasteiger partial charge >= 0.3 is 0 Å². The Morgan fingerprint density at radius 2 is 2.05 bits per heavy atom. The number of nitrogens with zero attached hydrogens (tertiary/aromatic N) is 1. The number of phenolic OH excluding ortho intramolecular Hbond substituents is 1. The molecule has 2 aromatic carbocycles. The number of hydrogen-bond donors (Lipinski definition) is 2. The third-order valence-electron chi connectivity index (χ3n) is 2.60. The molecule has 0 aliphatic heterocycles. The van der Waals surface area contributed by atoms with Crippen LogP contribution < -0.4 is 5.43 Å². The number of aromatic hydroxyl groups is 1. The molecule has 4 nitrogen and oxygen atoms in total. The van der Waals surface area contributed by atoms with Crippen LogP contribution in [0.5, 0.6) is 5.75 Å². The second-order valence-electron chi connectivity index (χ2n) is 4.15. The standard InChI is InChI=1S/C14H8Br2ClIN2O2/c15-8-3-7(13(21)11(16)4-8)6-19-20-14(22)10-5-9(18)1-2-12(10)17/h1-6,21H,(H,20,22). The number of carbonyl (C=O) groups is 1. The van der Waals surface area contributed by atoms with E-state index in [2.05, 4.69) is 65.0 Å². The van der Waals surface area contributed by atoms with Gasteiger partial charge in [0.25, 0.3) is 5.91 Å². The van der Waals surface area contributed by atoms with Crippen molar-refractivity contribution >= 4 is 78.2 Å². The van der Waals surface area contributed by atoms with Gasteiger partial charge in [0.15, 0.2) is 0 Å². The van der Waals surface area contributed by atoms with Crippen LogP contribution in [-0.2, 0) is 0 Å². The van der Waals surface area contributed by atoms with E-state index in [-0.39, 0.29) is 5.75 Å². The summed E-state index contributed by atoms with van der Waals surface area (Å²) >= 11 is 14.6. The normalized spacial score (nSPS) is 10.9. The van der Waals surface area contributed by atoms with E-state index in [1.165, 1.54) is 6.21 Å². The highest BCUT2D eigenvalue weighted by Gasteiger charge is 2.10. The van der Waals surface area contributed by atoms with E-state index in [9.17, 15) is 9.90 Å². The summed E-state index contributed by atoms with van der Waals surface area (Å²) in [6, 6.07) is 8.51. The van der Waals surface area contributed by atoms with Gasteiger partial charge in [0.2, 0.25) is 0 Å². The molecule has 1 amide bonds. The van der Waals surface area contributed by atoms with Crippen LogP contribution in [0.25, 0.3) is 0 Å². The lowest BCUT2D eigenvalue weighted by atomic mass is 10.2. The van der Waals surface area contributed by atoms with Crippen LogP contribution in [0.4, 0.5) is 0 Å². The second kappa shape index (κ2) is 7.76. The van der Waals surface area contributed by atoms with Crippen molar-refractivity contribution < 1.29 is 9.90 Å². The van der Waals surface area contributed by atoms with Crippen LogP contribution in [-0.4, -0.2) is 17.2 Å². The van der Waals surface area contributed by atoms with E-state index in [1.54, 1.807) is 30.3 Å². The fourth-order valence-corrected chi connectivity index (χ4v) is 3.53. The van der Waals surface area contributed by atoms with Gasteiger partial charge in [-0.05, 0) is 68.9 Å². The SMILES string of the molecule is O=C(NN=Cc1cc(Br)cc(Br)c1O)c1cc(I)ccc1Cl. The van der Waals surface area contributed by atoms with Gasteiger partial charge in [-0.3, -0.25) is 4.79 Å². The number of hydrogen-bond acceptors (Lipinski definition) is 3. The van der Waals surface area contributed by atoms with E-state index in [0.29, 0.717) is 20.6 Å². The fraction of sp³-hybridized carbons (Fsp3) is 0. The first-order valence-corrected chi connectivity index (χ1v) is 8.89. The zero-order chi connectivity index (χ0) is 16.3. The summed E-state index contributed by atoms with van der Waals surface area (Å²) in [6.07, 6.45) is 1.35. The zero-order valence-electron chi connectivity index (χ0n) is 10.8. The molecular weight excluding hydrogens is 550 g/mol. The molecule has 0 saturated heterocycles. The van der Waals surface area contributed by atoms with E-state index >= 15 is 0 Å². The Morgan fingerprint density at radius 3 is 2.77 bits per heavy atom. The summed E-state index contributed by atoms with van der Waals surface area (Å²) in [4.78, 5) is 12.0. The van der Waals surface area contributed by atoms with Crippen molar-refractivity contribution in [3.8, 4) is 5.75 Å². The number of benzene rings is 2. The Hall–Kier alpha value is -0.640. The predicted molar refractivity (Wildman–Crippen MR) is 103 cm³/mol. The molecule has 8 heteroatoms. The van der Waals surface area contributed by atoms with Crippen LogP contribution in [0, 0.1) is 3.57 Å². The van der Waals surface area contributed by atoms with Gasteiger partial charge in [-0.15, -0.1) is 0 Å². The summed E-state index contributed by atoms with van der Waals surface area (Å²) in [5, 5.41) is 14.1.